The molecule has 0 bridgehead atoms. The number of benzene rings is 1. The first-order valence-corrected chi connectivity index (χ1v) is 14.2. The molecule has 0 aromatic heterocycles. The number of carbonyl (C=O) groups excluding carboxylic acids is 3. The van der Waals surface area contributed by atoms with Gasteiger partial charge in [0.05, 0.1) is 11.8 Å². The quantitative estimate of drug-likeness (QED) is 0.455. The number of carbonyl (C=O) groups is 3. The lowest BCUT2D eigenvalue weighted by Gasteiger charge is -2.31. The zero-order valence-electron chi connectivity index (χ0n) is 23.5. The highest BCUT2D eigenvalue weighted by atomic mass is 19.1. The van der Waals surface area contributed by atoms with Crippen LogP contribution in [0.2, 0.25) is 0 Å². The van der Waals surface area contributed by atoms with Gasteiger partial charge in [-0.3, -0.25) is 14.4 Å². The van der Waals surface area contributed by atoms with E-state index in [0.717, 1.165) is 49.5 Å². The molecule has 10 heteroatoms. The summed E-state index contributed by atoms with van der Waals surface area (Å²) in [5.74, 6) is -1.20. The van der Waals surface area contributed by atoms with Crippen molar-refractivity contribution in [3.05, 3.63) is 53.1 Å². The van der Waals surface area contributed by atoms with Crippen LogP contribution < -0.4 is 16.0 Å². The van der Waals surface area contributed by atoms with Crippen molar-refractivity contribution in [3.63, 3.8) is 0 Å². The SMILES string of the molecule is C[C@@H]1CN[C@@H](C2CC2)C(=O)N(C)[C@H](C)C(=O)N[C@H](Cc2ccc(O)c(F)c2)C(=O)NCCCC2=C(CCC=C2)O1. The molecular formula is C30H41FN4O5. The van der Waals surface area contributed by atoms with Crippen molar-refractivity contribution < 1.29 is 28.6 Å². The van der Waals surface area contributed by atoms with Crippen molar-refractivity contribution >= 4 is 17.7 Å². The van der Waals surface area contributed by atoms with Crippen molar-refractivity contribution in [1.29, 1.82) is 0 Å². The number of hydrogen-bond acceptors (Lipinski definition) is 6. The number of ether oxygens (including phenoxy) is 1. The molecule has 218 valence electrons. The smallest absolute Gasteiger partial charge is 0.243 e. The second-order valence-corrected chi connectivity index (χ2v) is 11.1. The minimum absolute atomic E-state index is 0.0230. The van der Waals surface area contributed by atoms with Crippen molar-refractivity contribution in [2.45, 2.75) is 83.0 Å². The maximum Gasteiger partial charge on any atom is 0.243 e. The Morgan fingerprint density at radius 3 is 2.62 bits per heavy atom. The fourth-order valence-electron chi connectivity index (χ4n) is 5.13. The molecule has 9 nitrogen and oxygen atoms in total. The van der Waals surface area contributed by atoms with E-state index in [9.17, 15) is 23.9 Å². The Bertz CT molecular complexity index is 1160. The number of nitrogens with one attached hydrogen (secondary N) is 3. The van der Waals surface area contributed by atoms with Gasteiger partial charge in [0, 0.05) is 33.0 Å². The summed E-state index contributed by atoms with van der Waals surface area (Å²) in [6.07, 6.45) is 9.08. The number of phenolic OH excluding ortho intramolecular Hbond substituents is 1. The number of rotatable bonds is 3. The number of amides is 3. The molecule has 4 rings (SSSR count). The van der Waals surface area contributed by atoms with Gasteiger partial charge in [-0.2, -0.15) is 0 Å². The van der Waals surface area contributed by atoms with Gasteiger partial charge in [-0.05, 0) is 75.1 Å². The van der Waals surface area contributed by atoms with Crippen LogP contribution in [0.5, 0.6) is 5.75 Å². The van der Waals surface area contributed by atoms with Gasteiger partial charge < -0.3 is 30.7 Å². The number of nitrogens with zero attached hydrogens (tertiary/aromatic N) is 1. The summed E-state index contributed by atoms with van der Waals surface area (Å²) in [7, 11) is 1.60. The van der Waals surface area contributed by atoms with Crippen LogP contribution in [0.25, 0.3) is 0 Å². The molecule has 1 heterocycles. The van der Waals surface area contributed by atoms with Crippen LogP contribution in [0.15, 0.2) is 41.7 Å². The average molecular weight is 557 g/mol. The monoisotopic (exact) mass is 556 g/mol. The Morgan fingerprint density at radius 1 is 1.12 bits per heavy atom. The maximum atomic E-state index is 14.0. The van der Waals surface area contributed by atoms with E-state index in [0.29, 0.717) is 25.1 Å². The summed E-state index contributed by atoms with van der Waals surface area (Å²) in [4.78, 5) is 41.4. The normalized spacial score (nSPS) is 27.7. The Hall–Kier alpha value is -3.40. The first-order chi connectivity index (χ1) is 19.1. The predicted octanol–water partition coefficient (Wildman–Crippen LogP) is 2.69. The van der Waals surface area contributed by atoms with E-state index < -0.39 is 41.5 Å². The first-order valence-electron chi connectivity index (χ1n) is 14.2. The van der Waals surface area contributed by atoms with Gasteiger partial charge >= 0.3 is 0 Å². The third-order valence-electron chi connectivity index (χ3n) is 7.86. The molecule has 3 amide bonds. The fourth-order valence-corrected chi connectivity index (χ4v) is 5.13. The van der Waals surface area contributed by atoms with E-state index in [-0.39, 0.29) is 24.3 Å². The number of likely N-dealkylation sites (N-methyl/N-ethyl adjacent to an activating group) is 1. The van der Waals surface area contributed by atoms with E-state index >= 15 is 0 Å². The standard InChI is InChI=1S/C30H41FN4O5/c1-18-17-33-27(22-11-12-22)30(39)35(3)19(2)28(37)34-24(16-20-10-13-25(36)23(31)15-20)29(38)32-14-6-8-21-7-4-5-9-26(21)40-18/h4,7,10,13,15,18-19,22,24,27,33,36H,5-6,8-9,11-12,14,16-17H2,1-3H3,(H,32,38)(H,34,37)/t18-,19-,24-,27+/m1/s1. The Balaban J connectivity index is 1.57. The third kappa shape index (κ3) is 7.62. The number of hydrogen-bond donors (Lipinski definition) is 4. The zero-order chi connectivity index (χ0) is 28.8. The average Bonchev–Trinajstić information content (AvgIpc) is 3.77. The van der Waals surface area contributed by atoms with Crippen LogP contribution in [0.1, 0.15) is 57.9 Å². The van der Waals surface area contributed by atoms with Crippen molar-refractivity contribution in [2.75, 3.05) is 20.1 Å². The van der Waals surface area contributed by atoms with Gasteiger partial charge in [-0.25, -0.2) is 4.39 Å². The summed E-state index contributed by atoms with van der Waals surface area (Å²) >= 11 is 0. The molecule has 0 spiro atoms. The third-order valence-corrected chi connectivity index (χ3v) is 7.86. The lowest BCUT2D eigenvalue weighted by atomic mass is 10.0. The lowest BCUT2D eigenvalue weighted by molar-refractivity contribution is -0.141. The number of phenols is 1. The highest BCUT2D eigenvalue weighted by Gasteiger charge is 2.39. The largest absolute Gasteiger partial charge is 0.505 e. The van der Waals surface area contributed by atoms with Gasteiger partial charge in [0.1, 0.15) is 18.2 Å². The molecule has 0 radical (unpaired) electrons. The fraction of sp³-hybridized carbons (Fsp3) is 0.567. The summed E-state index contributed by atoms with van der Waals surface area (Å²) in [6.45, 7) is 4.50. The van der Waals surface area contributed by atoms with Crippen molar-refractivity contribution in [3.8, 4) is 5.75 Å². The molecule has 1 saturated carbocycles. The molecule has 1 aromatic carbocycles. The molecule has 2 aliphatic carbocycles. The molecule has 1 aliphatic heterocycles. The molecule has 0 saturated heterocycles. The van der Waals surface area contributed by atoms with Crippen LogP contribution in [0.4, 0.5) is 4.39 Å². The molecule has 4 atom stereocenters. The number of aromatic hydroxyl groups is 1. The molecule has 40 heavy (non-hydrogen) atoms. The van der Waals surface area contributed by atoms with E-state index in [4.69, 9.17) is 4.74 Å². The van der Waals surface area contributed by atoms with Gasteiger partial charge in [-0.1, -0.05) is 18.2 Å². The molecule has 0 unspecified atom stereocenters. The second-order valence-electron chi connectivity index (χ2n) is 11.1. The predicted molar refractivity (Wildman–Crippen MR) is 149 cm³/mol. The van der Waals surface area contributed by atoms with E-state index in [1.165, 1.54) is 17.0 Å². The van der Waals surface area contributed by atoms with Crippen LogP contribution in [-0.4, -0.2) is 72.1 Å². The van der Waals surface area contributed by atoms with Crippen molar-refractivity contribution in [1.82, 2.24) is 20.9 Å². The molecular weight excluding hydrogens is 515 g/mol. The zero-order valence-corrected chi connectivity index (χ0v) is 23.5. The van der Waals surface area contributed by atoms with E-state index in [1.54, 1.807) is 14.0 Å². The highest BCUT2D eigenvalue weighted by molar-refractivity contribution is 5.93. The maximum absolute atomic E-state index is 14.0. The van der Waals surface area contributed by atoms with Crippen LogP contribution >= 0.6 is 0 Å². The molecule has 3 aliphatic rings. The van der Waals surface area contributed by atoms with Gasteiger partial charge in [0.15, 0.2) is 11.6 Å². The Kier molecular flexibility index (Phi) is 9.84. The van der Waals surface area contributed by atoms with Gasteiger partial charge in [0.2, 0.25) is 17.7 Å². The topological polar surface area (TPSA) is 120 Å². The summed E-state index contributed by atoms with van der Waals surface area (Å²) in [5, 5.41) is 18.6. The number of allylic oxidation sites excluding steroid dienone is 4. The number of halogens is 1. The lowest BCUT2D eigenvalue weighted by Crippen LogP contribution is -2.57. The summed E-state index contributed by atoms with van der Waals surface area (Å²) < 4.78 is 20.3. The first kappa shape index (κ1) is 29.6. The summed E-state index contributed by atoms with van der Waals surface area (Å²) in [5.41, 5.74) is 1.54. The van der Waals surface area contributed by atoms with Crippen LogP contribution in [0.3, 0.4) is 0 Å². The molecule has 1 fully saturated rings. The van der Waals surface area contributed by atoms with E-state index in [1.807, 2.05) is 6.92 Å². The van der Waals surface area contributed by atoms with Gasteiger partial charge in [0.25, 0.3) is 0 Å². The highest BCUT2D eigenvalue weighted by Crippen LogP contribution is 2.34. The van der Waals surface area contributed by atoms with Crippen molar-refractivity contribution in [2.24, 2.45) is 5.92 Å². The molecule has 1 aromatic rings. The van der Waals surface area contributed by atoms with Crippen LogP contribution in [-0.2, 0) is 25.5 Å². The minimum Gasteiger partial charge on any atom is -0.505 e. The Morgan fingerprint density at radius 2 is 1.90 bits per heavy atom. The molecule has 4 N–H and O–H groups in total. The summed E-state index contributed by atoms with van der Waals surface area (Å²) in [6, 6.07) is 1.62. The van der Waals surface area contributed by atoms with Gasteiger partial charge in [-0.15, -0.1) is 0 Å². The van der Waals surface area contributed by atoms with Crippen LogP contribution in [0, 0.1) is 11.7 Å². The minimum atomic E-state index is -0.993. The van der Waals surface area contributed by atoms with E-state index in [2.05, 4.69) is 28.1 Å². The second kappa shape index (κ2) is 13.3. The Labute approximate surface area is 235 Å².